The van der Waals surface area contributed by atoms with Crippen molar-refractivity contribution in [2.24, 2.45) is 0 Å². The van der Waals surface area contributed by atoms with E-state index < -0.39 is 0 Å². The largest absolute Gasteiger partial charge is 0.340 e. The van der Waals surface area contributed by atoms with Crippen molar-refractivity contribution in [1.82, 2.24) is 19.5 Å². The summed E-state index contributed by atoms with van der Waals surface area (Å²) < 4.78 is 2.06. The molecule has 0 aliphatic heterocycles. The Morgan fingerprint density at radius 3 is 2.52 bits per heavy atom. The van der Waals surface area contributed by atoms with Crippen molar-refractivity contribution in [3.63, 3.8) is 0 Å². The maximum Gasteiger partial charge on any atom is 0.135 e. The molecule has 2 heterocycles. The first-order valence-electron chi connectivity index (χ1n) is 6.89. The van der Waals surface area contributed by atoms with Crippen LogP contribution in [0.2, 0.25) is 0 Å². The van der Waals surface area contributed by atoms with Crippen molar-refractivity contribution in [3.8, 4) is 0 Å². The van der Waals surface area contributed by atoms with Crippen LogP contribution in [0, 0.1) is 0 Å². The first-order valence-corrected chi connectivity index (χ1v) is 6.89. The lowest BCUT2D eigenvalue weighted by Gasteiger charge is -2.16. The maximum absolute atomic E-state index is 4.74. The molecule has 0 unspecified atom stereocenters. The van der Waals surface area contributed by atoms with Crippen molar-refractivity contribution in [3.05, 3.63) is 84.7 Å². The van der Waals surface area contributed by atoms with Gasteiger partial charge in [-0.25, -0.2) is 9.97 Å². The minimum absolute atomic E-state index is 0.00102. The lowest BCUT2D eigenvalue weighted by molar-refractivity contribution is 0.644. The molecule has 102 valence electrons. The molecule has 0 aliphatic carbocycles. The van der Waals surface area contributed by atoms with Crippen LogP contribution < -0.4 is 0 Å². The van der Waals surface area contributed by atoms with Crippen molar-refractivity contribution in [2.75, 3.05) is 0 Å². The summed E-state index contributed by atoms with van der Waals surface area (Å²) in [5.41, 5.74) is 3.21. The molecule has 21 heavy (non-hydrogen) atoms. The Hall–Kier alpha value is -2.88. The molecule has 0 saturated heterocycles. The van der Waals surface area contributed by atoms with Crippen LogP contribution in [0.5, 0.6) is 0 Å². The minimum Gasteiger partial charge on any atom is -0.340 e. The van der Waals surface area contributed by atoms with Gasteiger partial charge in [0.2, 0.25) is 0 Å². The monoisotopic (exact) mass is 274 g/mol. The van der Waals surface area contributed by atoms with E-state index >= 15 is 0 Å². The average Bonchev–Trinajstić information content (AvgIpc) is 3.18. The molecular formula is C17H14N4. The smallest absolute Gasteiger partial charge is 0.135 e. The lowest BCUT2D eigenvalue weighted by atomic mass is 10.1. The summed E-state index contributed by atoms with van der Waals surface area (Å²) in [6.45, 7) is 0. The molecule has 1 N–H and O–H groups in total. The van der Waals surface area contributed by atoms with E-state index in [4.69, 9.17) is 4.98 Å². The second-order valence-electron chi connectivity index (χ2n) is 4.96. The van der Waals surface area contributed by atoms with Gasteiger partial charge in [0.05, 0.1) is 17.4 Å². The summed E-state index contributed by atoms with van der Waals surface area (Å²) in [6, 6.07) is 18.4. The molecular weight excluding hydrogens is 260 g/mol. The van der Waals surface area contributed by atoms with Crippen molar-refractivity contribution >= 4 is 11.0 Å². The number of hydrogen-bond donors (Lipinski definition) is 1. The minimum atomic E-state index is 0.00102. The van der Waals surface area contributed by atoms with Crippen LogP contribution in [-0.4, -0.2) is 19.5 Å². The highest BCUT2D eigenvalue weighted by molar-refractivity contribution is 5.75. The Balaban J connectivity index is 1.90. The third kappa shape index (κ3) is 2.10. The quantitative estimate of drug-likeness (QED) is 0.622. The Labute approximate surface area is 122 Å². The van der Waals surface area contributed by atoms with Gasteiger partial charge in [0, 0.05) is 12.4 Å². The molecule has 4 rings (SSSR count). The fourth-order valence-corrected chi connectivity index (χ4v) is 2.63. The molecule has 0 saturated carbocycles. The molecule has 0 fully saturated rings. The number of aromatic amines is 1. The van der Waals surface area contributed by atoms with E-state index in [1.807, 2.05) is 55.0 Å². The zero-order valence-corrected chi connectivity index (χ0v) is 11.3. The standard InChI is InChI=1S/C17H14N4/c1-2-6-13(7-3-1)16(21-11-10-18-12-21)17-19-14-8-4-5-9-15(14)20-17/h1-12,16H,(H,19,20)/t16-/m0/s1. The van der Waals surface area contributed by atoms with Crippen LogP contribution in [0.25, 0.3) is 11.0 Å². The van der Waals surface area contributed by atoms with Gasteiger partial charge >= 0.3 is 0 Å². The number of H-pyrrole nitrogens is 1. The number of nitrogens with zero attached hydrogens (tertiary/aromatic N) is 3. The SMILES string of the molecule is c1ccc([C@@H](c2nc3ccccc3[nH]2)n2ccnc2)cc1. The molecule has 2 aromatic heterocycles. The van der Waals surface area contributed by atoms with Gasteiger partial charge in [-0.15, -0.1) is 0 Å². The van der Waals surface area contributed by atoms with Crippen LogP contribution in [0.15, 0.2) is 73.3 Å². The van der Waals surface area contributed by atoms with Gasteiger partial charge in [0.25, 0.3) is 0 Å². The first-order chi connectivity index (χ1) is 10.4. The summed E-state index contributed by atoms with van der Waals surface area (Å²) in [6.07, 6.45) is 5.58. The van der Waals surface area contributed by atoms with Gasteiger partial charge < -0.3 is 9.55 Å². The number of benzene rings is 2. The highest BCUT2D eigenvalue weighted by Crippen LogP contribution is 2.26. The molecule has 4 aromatic rings. The molecule has 0 spiro atoms. The molecule has 4 nitrogen and oxygen atoms in total. The van der Waals surface area contributed by atoms with Crippen molar-refractivity contribution < 1.29 is 0 Å². The van der Waals surface area contributed by atoms with E-state index in [9.17, 15) is 0 Å². The van der Waals surface area contributed by atoms with E-state index in [0.29, 0.717) is 0 Å². The number of rotatable bonds is 3. The van der Waals surface area contributed by atoms with Crippen molar-refractivity contribution in [2.45, 2.75) is 6.04 Å². The number of para-hydroxylation sites is 2. The normalized spacial score (nSPS) is 12.6. The Kier molecular flexibility index (Phi) is 2.78. The lowest BCUT2D eigenvalue weighted by Crippen LogP contribution is -2.12. The predicted molar refractivity (Wildman–Crippen MR) is 82.0 cm³/mol. The van der Waals surface area contributed by atoms with Gasteiger partial charge in [-0.1, -0.05) is 42.5 Å². The van der Waals surface area contributed by atoms with E-state index in [-0.39, 0.29) is 6.04 Å². The van der Waals surface area contributed by atoms with Crippen LogP contribution >= 0.6 is 0 Å². The van der Waals surface area contributed by atoms with E-state index in [2.05, 4.69) is 26.7 Å². The van der Waals surface area contributed by atoms with Gasteiger partial charge in [0.15, 0.2) is 0 Å². The number of nitrogens with one attached hydrogen (secondary N) is 1. The topological polar surface area (TPSA) is 46.5 Å². The van der Waals surface area contributed by atoms with Crippen LogP contribution in [0.1, 0.15) is 17.4 Å². The van der Waals surface area contributed by atoms with Crippen LogP contribution in [-0.2, 0) is 0 Å². The van der Waals surface area contributed by atoms with E-state index in [1.165, 1.54) is 5.56 Å². The predicted octanol–water partition coefficient (Wildman–Crippen LogP) is 3.40. The summed E-state index contributed by atoms with van der Waals surface area (Å²) in [5, 5.41) is 0. The number of aromatic nitrogens is 4. The van der Waals surface area contributed by atoms with Gasteiger partial charge in [-0.2, -0.15) is 0 Å². The highest BCUT2D eigenvalue weighted by Gasteiger charge is 2.19. The molecule has 2 aromatic carbocycles. The first kappa shape index (κ1) is 11.9. The van der Waals surface area contributed by atoms with Crippen LogP contribution in [0.4, 0.5) is 0 Å². The third-order valence-electron chi connectivity index (χ3n) is 3.61. The van der Waals surface area contributed by atoms with E-state index in [0.717, 1.165) is 16.9 Å². The Bertz CT molecular complexity index is 814. The van der Waals surface area contributed by atoms with Gasteiger partial charge in [-0.05, 0) is 17.7 Å². The fraction of sp³-hybridized carbons (Fsp3) is 0.0588. The van der Waals surface area contributed by atoms with Crippen molar-refractivity contribution in [1.29, 1.82) is 0 Å². The summed E-state index contributed by atoms with van der Waals surface area (Å²) in [7, 11) is 0. The number of fused-ring (bicyclic) bond motifs is 1. The summed E-state index contributed by atoms with van der Waals surface area (Å²) in [5.74, 6) is 0.917. The fourth-order valence-electron chi connectivity index (χ4n) is 2.63. The zero-order valence-electron chi connectivity index (χ0n) is 11.3. The molecule has 4 heteroatoms. The molecule has 0 aliphatic rings. The highest BCUT2D eigenvalue weighted by atomic mass is 15.1. The van der Waals surface area contributed by atoms with E-state index in [1.54, 1.807) is 6.20 Å². The summed E-state index contributed by atoms with van der Waals surface area (Å²) >= 11 is 0. The van der Waals surface area contributed by atoms with Gasteiger partial charge in [-0.3, -0.25) is 0 Å². The number of imidazole rings is 2. The number of hydrogen-bond acceptors (Lipinski definition) is 2. The molecule has 0 bridgehead atoms. The zero-order chi connectivity index (χ0) is 14.1. The second-order valence-corrected chi connectivity index (χ2v) is 4.96. The maximum atomic E-state index is 4.74. The summed E-state index contributed by atoms with van der Waals surface area (Å²) in [4.78, 5) is 12.3. The van der Waals surface area contributed by atoms with Crippen LogP contribution in [0.3, 0.4) is 0 Å². The average molecular weight is 274 g/mol. The Morgan fingerprint density at radius 1 is 0.952 bits per heavy atom. The molecule has 0 radical (unpaired) electrons. The Morgan fingerprint density at radius 2 is 1.76 bits per heavy atom. The van der Waals surface area contributed by atoms with Gasteiger partial charge in [0.1, 0.15) is 11.9 Å². The molecule has 0 amide bonds. The molecule has 1 atom stereocenters. The third-order valence-corrected chi connectivity index (χ3v) is 3.61. The second kappa shape index (κ2) is 4.90.